The van der Waals surface area contributed by atoms with Gasteiger partial charge in [0.2, 0.25) is 17.8 Å². The molecule has 8 rings (SSSR count). The zero-order valence-corrected chi connectivity index (χ0v) is 19.8. The fourth-order valence-electron chi connectivity index (χ4n) is 5.04. The molecule has 6 aromatic heterocycles. The van der Waals surface area contributed by atoms with Crippen molar-refractivity contribution in [2.45, 2.75) is 0 Å². The number of aromatic nitrogens is 9. The van der Waals surface area contributed by atoms with Crippen LogP contribution < -0.4 is 0 Å². The predicted octanol–water partition coefficient (Wildman–Crippen LogP) is 5.08. The van der Waals surface area contributed by atoms with Crippen LogP contribution in [0.15, 0.2) is 97.5 Å². The summed E-state index contributed by atoms with van der Waals surface area (Å²) in [5.74, 6) is 1.39. The molecule has 1 aliphatic rings. The molecule has 0 radical (unpaired) electrons. The number of fused-ring (bicyclic) bond motifs is 6. The Morgan fingerprint density at radius 1 is 0.684 bits per heavy atom. The van der Waals surface area contributed by atoms with Crippen LogP contribution in [0.3, 0.4) is 0 Å². The van der Waals surface area contributed by atoms with Crippen LogP contribution in [0.2, 0.25) is 0 Å². The van der Waals surface area contributed by atoms with Crippen molar-refractivity contribution >= 4 is 45.1 Å². The molecule has 0 aliphatic heterocycles. The molecule has 1 aliphatic carbocycles. The summed E-state index contributed by atoms with van der Waals surface area (Å²) >= 11 is 0. The highest BCUT2D eigenvalue weighted by Gasteiger charge is 2.22. The molecule has 7 aromatic rings. The van der Waals surface area contributed by atoms with Gasteiger partial charge in [0.1, 0.15) is 6.33 Å². The predicted molar refractivity (Wildman–Crippen MR) is 145 cm³/mol. The first-order chi connectivity index (χ1) is 18.9. The van der Waals surface area contributed by atoms with Crippen LogP contribution in [0.5, 0.6) is 0 Å². The molecular formula is C29H17N9. The maximum absolute atomic E-state index is 5.05. The second kappa shape index (κ2) is 7.92. The van der Waals surface area contributed by atoms with Crippen molar-refractivity contribution < 1.29 is 0 Å². The summed E-state index contributed by atoms with van der Waals surface area (Å²) in [7, 11) is 0. The van der Waals surface area contributed by atoms with Crippen molar-refractivity contribution in [3.05, 3.63) is 109 Å². The van der Waals surface area contributed by atoms with Crippen molar-refractivity contribution in [1.29, 1.82) is 0 Å². The molecule has 0 spiro atoms. The normalized spacial score (nSPS) is 12.5. The largest absolute Gasteiger partial charge is 0.276 e. The zero-order chi connectivity index (χ0) is 25.1. The van der Waals surface area contributed by atoms with Gasteiger partial charge >= 0.3 is 0 Å². The van der Waals surface area contributed by atoms with Gasteiger partial charge in [0.15, 0.2) is 0 Å². The highest BCUT2D eigenvalue weighted by atomic mass is 15.3. The van der Waals surface area contributed by atoms with Gasteiger partial charge in [-0.1, -0.05) is 24.3 Å². The van der Waals surface area contributed by atoms with Gasteiger partial charge in [-0.2, -0.15) is 15.0 Å². The molecule has 0 saturated carbocycles. The van der Waals surface area contributed by atoms with Crippen LogP contribution >= 0.6 is 0 Å². The number of nitrogens with zero attached hydrogens (tertiary/aromatic N) is 9. The molecule has 0 atom stereocenters. The van der Waals surface area contributed by atoms with E-state index < -0.39 is 0 Å². The maximum atomic E-state index is 5.05. The summed E-state index contributed by atoms with van der Waals surface area (Å²) in [6.45, 7) is 0. The van der Waals surface area contributed by atoms with Gasteiger partial charge in [-0.3, -0.25) is 23.7 Å². The van der Waals surface area contributed by atoms with E-state index >= 15 is 0 Å². The highest BCUT2D eigenvalue weighted by molar-refractivity contribution is 6.06. The molecule has 0 saturated heterocycles. The van der Waals surface area contributed by atoms with Crippen LogP contribution in [-0.2, 0) is 0 Å². The number of imidazole rings is 1. The second-order valence-electron chi connectivity index (χ2n) is 8.77. The topological polar surface area (TPSA) is 92.1 Å². The number of rotatable bonds is 3. The van der Waals surface area contributed by atoms with Crippen molar-refractivity contribution in [2.24, 2.45) is 0 Å². The van der Waals surface area contributed by atoms with Gasteiger partial charge in [0.25, 0.3) is 0 Å². The number of benzene rings is 1. The lowest BCUT2D eigenvalue weighted by Gasteiger charge is -2.12. The lowest BCUT2D eigenvalue weighted by molar-refractivity contribution is 0.818. The average Bonchev–Trinajstić information content (AvgIpc) is 3.64. The summed E-state index contributed by atoms with van der Waals surface area (Å²) in [5.41, 5.74) is 9.56. The van der Waals surface area contributed by atoms with Crippen molar-refractivity contribution in [1.82, 2.24) is 43.6 Å². The first-order valence-electron chi connectivity index (χ1n) is 12.0. The van der Waals surface area contributed by atoms with E-state index in [1.54, 1.807) is 29.5 Å². The number of para-hydroxylation sites is 1. The Morgan fingerprint density at radius 3 is 2.26 bits per heavy atom. The third-order valence-corrected chi connectivity index (χ3v) is 6.64. The molecule has 38 heavy (non-hydrogen) atoms. The highest BCUT2D eigenvalue weighted by Crippen LogP contribution is 2.32. The SMILES string of the molecule is C1=CC=Cc2c(c3ncccc3n2-c2nc(-n3ccnc3)nc(-n3c4ccccc4c4ncccc43)n2)C=1. The first kappa shape index (κ1) is 20.5. The molecule has 9 nitrogen and oxygen atoms in total. The number of hydrogen-bond donors (Lipinski definition) is 0. The average molecular weight is 492 g/mol. The summed E-state index contributed by atoms with van der Waals surface area (Å²) in [6.07, 6.45) is 16.6. The van der Waals surface area contributed by atoms with Crippen LogP contribution in [0.25, 0.3) is 63.0 Å². The van der Waals surface area contributed by atoms with Gasteiger partial charge in [-0.25, -0.2) is 4.98 Å². The van der Waals surface area contributed by atoms with Gasteiger partial charge < -0.3 is 0 Å². The smallest absolute Gasteiger partial charge is 0.241 e. The monoisotopic (exact) mass is 491 g/mol. The molecule has 0 unspecified atom stereocenters. The fraction of sp³-hybridized carbons (Fsp3) is 0. The summed E-state index contributed by atoms with van der Waals surface area (Å²) in [4.78, 5) is 28.4. The Morgan fingerprint density at radius 2 is 1.42 bits per heavy atom. The minimum atomic E-state index is 0.447. The van der Waals surface area contributed by atoms with E-state index in [2.05, 4.69) is 32.8 Å². The molecule has 9 heteroatoms. The maximum Gasteiger partial charge on any atom is 0.241 e. The Balaban J connectivity index is 1.50. The van der Waals surface area contributed by atoms with E-state index in [-0.39, 0.29) is 0 Å². The van der Waals surface area contributed by atoms with Crippen LogP contribution in [0, 0.1) is 0 Å². The van der Waals surface area contributed by atoms with E-state index in [4.69, 9.17) is 15.0 Å². The lowest BCUT2D eigenvalue weighted by Crippen LogP contribution is -2.13. The summed E-state index contributed by atoms with van der Waals surface area (Å²) < 4.78 is 5.83. The van der Waals surface area contributed by atoms with Crippen molar-refractivity contribution in [3.63, 3.8) is 0 Å². The molecule has 6 heterocycles. The molecule has 0 fully saturated rings. The summed E-state index contributed by atoms with van der Waals surface area (Å²) in [5, 5.41) is 1.03. The van der Waals surface area contributed by atoms with Crippen molar-refractivity contribution in [2.75, 3.05) is 0 Å². The minimum Gasteiger partial charge on any atom is -0.276 e. The van der Waals surface area contributed by atoms with Gasteiger partial charge in [-0.05, 0) is 48.6 Å². The third-order valence-electron chi connectivity index (χ3n) is 6.64. The van der Waals surface area contributed by atoms with Crippen molar-refractivity contribution in [3.8, 4) is 17.8 Å². The van der Waals surface area contributed by atoms with Crippen LogP contribution in [0.4, 0.5) is 0 Å². The van der Waals surface area contributed by atoms with Gasteiger partial charge in [-0.15, -0.1) is 5.73 Å². The second-order valence-corrected chi connectivity index (χ2v) is 8.77. The summed E-state index contributed by atoms with van der Waals surface area (Å²) in [6, 6.07) is 16.0. The molecular weight excluding hydrogens is 474 g/mol. The molecule has 1 aromatic carbocycles. The molecule has 0 bridgehead atoms. The number of pyridine rings is 2. The molecule has 0 N–H and O–H groups in total. The van der Waals surface area contributed by atoms with E-state index in [0.717, 1.165) is 44.2 Å². The minimum absolute atomic E-state index is 0.447. The van der Waals surface area contributed by atoms with Gasteiger partial charge in [0.05, 0.1) is 33.3 Å². The van der Waals surface area contributed by atoms with Gasteiger partial charge in [0, 0.05) is 35.7 Å². The fourth-order valence-corrected chi connectivity index (χ4v) is 5.04. The quantitative estimate of drug-likeness (QED) is 0.320. The Hall–Kier alpha value is -5.66. The lowest BCUT2D eigenvalue weighted by atomic mass is 10.2. The van der Waals surface area contributed by atoms with E-state index in [1.165, 1.54) is 0 Å². The van der Waals surface area contributed by atoms with Crippen LogP contribution in [-0.4, -0.2) is 43.6 Å². The number of hydrogen-bond acceptors (Lipinski definition) is 6. The Kier molecular flexibility index (Phi) is 4.28. The van der Waals surface area contributed by atoms with E-state index in [9.17, 15) is 0 Å². The standard InChI is InChI=1S/C29H17N9/c1-2-8-19-21(10-3-1)37(23-12-6-14-31-25(19)23)28-33-27(36-17-16-30-18-36)34-29(35-28)38-22-11-5-4-9-20(22)26-24(38)13-7-15-32-26/h1,3-18H. The first-order valence-corrected chi connectivity index (χ1v) is 12.0. The molecule has 178 valence electrons. The van der Waals surface area contributed by atoms with E-state index in [0.29, 0.717) is 17.8 Å². The zero-order valence-electron chi connectivity index (χ0n) is 19.8. The third kappa shape index (κ3) is 2.93. The number of allylic oxidation sites excluding steroid dienone is 2. The Labute approximate surface area is 215 Å². The molecule has 0 amide bonds. The Bertz CT molecular complexity index is 2070. The van der Waals surface area contributed by atoms with E-state index in [1.807, 2.05) is 76.0 Å². The van der Waals surface area contributed by atoms with Crippen LogP contribution in [0.1, 0.15) is 11.3 Å².